The first-order valence-corrected chi connectivity index (χ1v) is 8.31. The third-order valence-electron chi connectivity index (χ3n) is 4.91. The van der Waals surface area contributed by atoms with E-state index in [-0.39, 0.29) is 5.92 Å². The number of carbonyl (C=O) groups is 2. The standard InChI is InChI=1S/C16H29N3O2/c1-4-5-13(6-7-17-11-20)16(21)19-14-8-15(19)10-18(9-14)12(2)3/h11-15H,4-10H2,1-3H3,(H,17,20). The first kappa shape index (κ1) is 16.3. The van der Waals surface area contributed by atoms with Crippen LogP contribution in [-0.4, -0.2) is 59.9 Å². The summed E-state index contributed by atoms with van der Waals surface area (Å²) in [5.74, 6) is 0.382. The Morgan fingerprint density at radius 3 is 2.48 bits per heavy atom. The minimum absolute atomic E-state index is 0.0679. The summed E-state index contributed by atoms with van der Waals surface area (Å²) in [6, 6.07) is 1.39. The zero-order valence-corrected chi connectivity index (χ0v) is 13.5. The lowest BCUT2D eigenvalue weighted by atomic mass is 9.84. The van der Waals surface area contributed by atoms with Gasteiger partial charge in [0.25, 0.3) is 0 Å². The Morgan fingerprint density at radius 2 is 1.95 bits per heavy atom. The highest BCUT2D eigenvalue weighted by Crippen LogP contribution is 2.35. The van der Waals surface area contributed by atoms with E-state index in [1.54, 1.807) is 0 Å². The van der Waals surface area contributed by atoms with E-state index in [1.165, 1.54) is 6.42 Å². The number of rotatable bonds is 8. The van der Waals surface area contributed by atoms with Crippen molar-refractivity contribution >= 4 is 12.3 Å². The van der Waals surface area contributed by atoms with E-state index >= 15 is 0 Å². The molecule has 0 spiro atoms. The minimum atomic E-state index is 0.0679. The molecule has 3 aliphatic rings. The van der Waals surface area contributed by atoms with Crippen molar-refractivity contribution in [2.45, 2.75) is 64.6 Å². The lowest BCUT2D eigenvalue weighted by molar-refractivity contribution is -0.160. The number of amides is 2. The quantitative estimate of drug-likeness (QED) is 0.541. The van der Waals surface area contributed by atoms with Crippen LogP contribution in [0, 0.1) is 5.92 Å². The second kappa shape index (κ2) is 7.25. The van der Waals surface area contributed by atoms with E-state index in [0.717, 1.165) is 32.4 Å². The third-order valence-corrected chi connectivity index (χ3v) is 4.91. The molecule has 3 rings (SSSR count). The van der Waals surface area contributed by atoms with Crippen LogP contribution in [0.4, 0.5) is 0 Å². The Morgan fingerprint density at radius 1 is 1.29 bits per heavy atom. The van der Waals surface area contributed by atoms with Crippen LogP contribution in [0.15, 0.2) is 0 Å². The molecule has 2 amide bonds. The van der Waals surface area contributed by atoms with E-state index in [2.05, 4.69) is 35.9 Å². The lowest BCUT2D eigenvalue weighted by Crippen LogP contribution is -2.71. The maximum Gasteiger partial charge on any atom is 0.226 e. The van der Waals surface area contributed by atoms with E-state index < -0.39 is 0 Å². The summed E-state index contributed by atoms with van der Waals surface area (Å²) in [4.78, 5) is 27.8. The Balaban J connectivity index is 1.91. The molecule has 3 aliphatic heterocycles. The van der Waals surface area contributed by atoms with Crippen molar-refractivity contribution in [2.24, 2.45) is 5.92 Å². The smallest absolute Gasteiger partial charge is 0.226 e. The Bertz CT molecular complexity index is 361. The highest BCUT2D eigenvalue weighted by atomic mass is 16.2. The van der Waals surface area contributed by atoms with Crippen LogP contribution < -0.4 is 5.32 Å². The van der Waals surface area contributed by atoms with Crippen molar-refractivity contribution in [3.05, 3.63) is 0 Å². The number of carbonyl (C=O) groups excluding carboxylic acids is 2. The molecular formula is C16H29N3O2. The van der Waals surface area contributed by atoms with Gasteiger partial charge >= 0.3 is 0 Å². The molecule has 120 valence electrons. The van der Waals surface area contributed by atoms with Crippen molar-refractivity contribution in [3.8, 4) is 0 Å². The number of nitrogens with one attached hydrogen (secondary N) is 1. The van der Waals surface area contributed by atoms with E-state index in [1.807, 2.05) is 0 Å². The summed E-state index contributed by atoms with van der Waals surface area (Å²) < 4.78 is 0. The predicted octanol–water partition coefficient (Wildman–Crippen LogP) is 1.23. The number of hydrogen-bond donors (Lipinski definition) is 1. The van der Waals surface area contributed by atoms with Gasteiger partial charge in [-0.05, 0) is 33.1 Å². The summed E-state index contributed by atoms with van der Waals surface area (Å²) in [6.07, 6.45) is 4.57. The molecule has 2 bridgehead atoms. The fourth-order valence-electron chi connectivity index (χ4n) is 3.69. The average molecular weight is 295 g/mol. The molecule has 3 unspecified atom stereocenters. The monoisotopic (exact) mass is 295 g/mol. The topological polar surface area (TPSA) is 52.7 Å². The van der Waals surface area contributed by atoms with Crippen LogP contribution in [0.1, 0.15) is 46.5 Å². The maximum atomic E-state index is 12.8. The molecule has 0 aromatic rings. The molecular weight excluding hydrogens is 266 g/mol. The largest absolute Gasteiger partial charge is 0.359 e. The molecule has 3 fully saturated rings. The zero-order chi connectivity index (χ0) is 15.4. The van der Waals surface area contributed by atoms with Gasteiger partial charge in [-0.15, -0.1) is 0 Å². The molecule has 5 nitrogen and oxygen atoms in total. The van der Waals surface area contributed by atoms with Crippen LogP contribution in [-0.2, 0) is 9.59 Å². The van der Waals surface area contributed by atoms with Crippen molar-refractivity contribution < 1.29 is 9.59 Å². The molecule has 1 N–H and O–H groups in total. The van der Waals surface area contributed by atoms with Gasteiger partial charge in [0.1, 0.15) is 0 Å². The molecule has 3 heterocycles. The highest BCUT2D eigenvalue weighted by molar-refractivity contribution is 5.80. The number of fused-ring (bicyclic) bond motifs is 2. The van der Waals surface area contributed by atoms with Gasteiger partial charge in [-0.1, -0.05) is 13.3 Å². The summed E-state index contributed by atoms with van der Waals surface area (Å²) in [5.41, 5.74) is 0. The molecule has 0 aromatic heterocycles. The molecule has 3 atom stereocenters. The number of piperidine rings is 1. The summed E-state index contributed by atoms with van der Waals surface area (Å²) >= 11 is 0. The van der Waals surface area contributed by atoms with Crippen molar-refractivity contribution in [1.82, 2.24) is 15.1 Å². The van der Waals surface area contributed by atoms with Gasteiger partial charge in [-0.25, -0.2) is 0 Å². The Hall–Kier alpha value is -1.10. The molecule has 0 radical (unpaired) electrons. The van der Waals surface area contributed by atoms with Crippen LogP contribution in [0.3, 0.4) is 0 Å². The molecule has 21 heavy (non-hydrogen) atoms. The van der Waals surface area contributed by atoms with Crippen molar-refractivity contribution in [3.63, 3.8) is 0 Å². The summed E-state index contributed by atoms with van der Waals surface area (Å²) in [6.45, 7) is 9.20. The fourth-order valence-corrected chi connectivity index (χ4v) is 3.69. The van der Waals surface area contributed by atoms with Crippen LogP contribution in [0.5, 0.6) is 0 Å². The van der Waals surface area contributed by atoms with Gasteiger partial charge in [0.2, 0.25) is 12.3 Å². The Labute approximate surface area is 128 Å². The first-order chi connectivity index (χ1) is 10.1. The van der Waals surface area contributed by atoms with Crippen LogP contribution in [0.25, 0.3) is 0 Å². The molecule has 0 aromatic carbocycles. The number of nitrogens with zero attached hydrogens (tertiary/aromatic N) is 2. The highest BCUT2D eigenvalue weighted by Gasteiger charge is 2.48. The van der Waals surface area contributed by atoms with Gasteiger partial charge in [-0.2, -0.15) is 0 Å². The third kappa shape index (κ3) is 3.57. The number of hydrogen-bond acceptors (Lipinski definition) is 3. The zero-order valence-electron chi connectivity index (χ0n) is 13.5. The normalized spacial score (nSPS) is 26.4. The predicted molar refractivity (Wildman–Crippen MR) is 82.8 cm³/mol. The number of piperazine rings is 1. The van der Waals surface area contributed by atoms with E-state index in [4.69, 9.17) is 0 Å². The molecule has 5 heteroatoms. The second-order valence-corrected chi connectivity index (χ2v) is 6.68. The molecule has 0 aliphatic carbocycles. The van der Waals surface area contributed by atoms with E-state index in [9.17, 15) is 9.59 Å². The first-order valence-electron chi connectivity index (χ1n) is 8.31. The van der Waals surface area contributed by atoms with Gasteiger partial charge in [0.05, 0.1) is 0 Å². The van der Waals surface area contributed by atoms with Gasteiger partial charge < -0.3 is 10.2 Å². The minimum Gasteiger partial charge on any atom is -0.359 e. The van der Waals surface area contributed by atoms with Gasteiger partial charge in [0, 0.05) is 43.7 Å². The molecule has 3 saturated heterocycles. The maximum absolute atomic E-state index is 12.8. The Kier molecular flexibility index (Phi) is 5.62. The van der Waals surface area contributed by atoms with Crippen molar-refractivity contribution in [1.29, 1.82) is 0 Å². The average Bonchev–Trinajstić information content (AvgIpc) is 2.46. The van der Waals surface area contributed by atoms with Gasteiger partial charge in [-0.3, -0.25) is 14.5 Å². The summed E-state index contributed by atoms with van der Waals surface area (Å²) in [5, 5.41) is 2.68. The fraction of sp³-hybridized carbons (Fsp3) is 0.875. The SMILES string of the molecule is CCCC(CCNC=O)C(=O)N1C2CC1CN(C(C)C)C2. The van der Waals surface area contributed by atoms with Crippen molar-refractivity contribution in [2.75, 3.05) is 19.6 Å². The lowest BCUT2D eigenvalue weighted by Gasteiger charge is -2.58. The van der Waals surface area contributed by atoms with E-state index in [0.29, 0.717) is 37.0 Å². The summed E-state index contributed by atoms with van der Waals surface area (Å²) in [7, 11) is 0. The van der Waals surface area contributed by atoms with Crippen LogP contribution in [0.2, 0.25) is 0 Å². The second-order valence-electron chi connectivity index (χ2n) is 6.68. The molecule has 0 saturated carbocycles. The van der Waals surface area contributed by atoms with Gasteiger partial charge in [0.15, 0.2) is 0 Å². The van der Waals surface area contributed by atoms with Crippen LogP contribution >= 0.6 is 0 Å².